The van der Waals surface area contributed by atoms with Crippen LogP contribution in [0.1, 0.15) is 36.6 Å². The van der Waals surface area contributed by atoms with Crippen LogP contribution in [0, 0.1) is 0 Å². The fraction of sp³-hybridized carbons (Fsp3) is 0.194. The molecule has 0 amide bonds. The maximum atomic E-state index is 14.3. The first-order valence-electron chi connectivity index (χ1n) is 14.7. The van der Waals surface area contributed by atoms with Gasteiger partial charge in [0, 0.05) is 11.8 Å². The van der Waals surface area contributed by atoms with Crippen LogP contribution in [-0.4, -0.2) is 30.9 Å². The Morgan fingerprint density at radius 3 is 2.40 bits per heavy atom. The van der Waals surface area contributed by atoms with Gasteiger partial charge in [-0.2, -0.15) is 0 Å². The minimum atomic E-state index is -0.785. The van der Waals surface area contributed by atoms with Gasteiger partial charge >= 0.3 is 5.97 Å². The summed E-state index contributed by atoms with van der Waals surface area (Å²) in [5.41, 5.74) is 2.44. The van der Waals surface area contributed by atoms with Crippen LogP contribution in [0.4, 0.5) is 0 Å². The molecule has 4 aromatic carbocycles. The predicted molar refractivity (Wildman–Crippen MR) is 175 cm³/mol. The van der Waals surface area contributed by atoms with Crippen LogP contribution >= 0.6 is 11.3 Å². The van der Waals surface area contributed by atoms with Gasteiger partial charge in [0.25, 0.3) is 5.56 Å². The van der Waals surface area contributed by atoms with Gasteiger partial charge in [0.1, 0.15) is 12.4 Å². The molecular weight excluding hydrogens is 588 g/mol. The van der Waals surface area contributed by atoms with Crippen LogP contribution < -0.4 is 29.1 Å². The number of nitrogens with zero attached hydrogens (tertiary/aromatic N) is 2. The SMILES string of the molecule is CCOc1ccc([C@H]2C(C(=O)OC)=CN=c3s/c(=C/c4c(OCc5ccccc5)ccc5ccccc45)c(=O)n32)cc1OCC. The Labute approximate surface area is 264 Å². The zero-order valence-corrected chi connectivity index (χ0v) is 26.0. The average Bonchev–Trinajstić information content (AvgIpc) is 3.39. The highest BCUT2D eigenvalue weighted by molar-refractivity contribution is 7.07. The van der Waals surface area contributed by atoms with E-state index >= 15 is 0 Å². The van der Waals surface area contributed by atoms with Gasteiger partial charge in [0.15, 0.2) is 16.3 Å². The molecule has 1 aliphatic rings. The molecule has 5 aromatic rings. The summed E-state index contributed by atoms with van der Waals surface area (Å²) in [6, 6.07) is 26.5. The number of methoxy groups -OCH3 is 1. The van der Waals surface area contributed by atoms with E-state index in [1.54, 1.807) is 16.7 Å². The second-order valence-corrected chi connectivity index (χ2v) is 11.2. The number of hydrogen-bond acceptors (Lipinski definition) is 8. The maximum Gasteiger partial charge on any atom is 0.337 e. The fourth-order valence-corrected chi connectivity index (χ4v) is 6.36. The molecule has 2 heterocycles. The highest BCUT2D eigenvalue weighted by Crippen LogP contribution is 2.35. The molecule has 6 rings (SSSR count). The van der Waals surface area contributed by atoms with Crippen LogP contribution in [0.15, 0.2) is 106 Å². The third kappa shape index (κ3) is 5.99. The Balaban J connectivity index is 1.51. The van der Waals surface area contributed by atoms with E-state index in [4.69, 9.17) is 18.9 Å². The Hall–Kier alpha value is -5.15. The number of ether oxygens (including phenoxy) is 4. The minimum Gasteiger partial charge on any atom is -0.490 e. The number of thiazole rings is 1. The molecule has 1 aromatic heterocycles. The summed E-state index contributed by atoms with van der Waals surface area (Å²) in [4.78, 5) is 32.2. The Morgan fingerprint density at radius 1 is 0.889 bits per heavy atom. The van der Waals surface area contributed by atoms with Crippen LogP contribution in [0.2, 0.25) is 0 Å². The molecule has 0 aliphatic carbocycles. The molecule has 0 radical (unpaired) electrons. The van der Waals surface area contributed by atoms with Crippen LogP contribution in [0.25, 0.3) is 16.8 Å². The first kappa shape index (κ1) is 29.9. The monoisotopic (exact) mass is 620 g/mol. The molecule has 9 heteroatoms. The molecule has 0 saturated heterocycles. The minimum absolute atomic E-state index is 0.236. The number of carbonyl (C=O) groups excluding carboxylic acids is 1. The summed E-state index contributed by atoms with van der Waals surface area (Å²) >= 11 is 1.25. The van der Waals surface area contributed by atoms with Gasteiger partial charge in [-0.1, -0.05) is 78.1 Å². The zero-order valence-electron chi connectivity index (χ0n) is 25.2. The number of aromatic nitrogens is 1. The van der Waals surface area contributed by atoms with Crippen molar-refractivity contribution in [3.8, 4) is 17.2 Å². The van der Waals surface area contributed by atoms with Crippen molar-refractivity contribution >= 4 is 34.2 Å². The first-order valence-corrected chi connectivity index (χ1v) is 15.5. The molecule has 0 bridgehead atoms. The lowest BCUT2D eigenvalue weighted by Crippen LogP contribution is -2.39. The van der Waals surface area contributed by atoms with Crippen molar-refractivity contribution in [1.29, 1.82) is 0 Å². The van der Waals surface area contributed by atoms with Crippen molar-refractivity contribution in [3.05, 3.63) is 133 Å². The van der Waals surface area contributed by atoms with Gasteiger partial charge in [-0.3, -0.25) is 9.36 Å². The predicted octanol–water partition coefficient (Wildman–Crippen LogP) is 5.55. The number of carbonyl (C=O) groups is 1. The molecule has 0 fully saturated rings. The summed E-state index contributed by atoms with van der Waals surface area (Å²) < 4.78 is 25.0. The number of hydrogen-bond donors (Lipinski definition) is 0. The largest absolute Gasteiger partial charge is 0.490 e. The zero-order chi connectivity index (χ0) is 31.3. The average molecular weight is 621 g/mol. The maximum absolute atomic E-state index is 14.3. The van der Waals surface area contributed by atoms with Gasteiger partial charge < -0.3 is 18.9 Å². The Bertz CT molecular complexity index is 2080. The standard InChI is InChI=1S/C36H32N2O6S/c1-4-42-30-18-16-25(19-31(30)43-5-2)33-28(35(40)41-3)21-37-36-38(33)34(39)32(45-36)20-27-26-14-10-9-13-24(26)15-17-29(27)44-22-23-11-7-6-8-12-23/h6-21,33H,4-5,22H2,1-3H3/b32-20+/t33-/m0/s1. The smallest absolute Gasteiger partial charge is 0.337 e. The van der Waals surface area contributed by atoms with Crippen LogP contribution in [0.5, 0.6) is 17.2 Å². The Morgan fingerprint density at radius 2 is 1.62 bits per heavy atom. The van der Waals surface area contributed by atoms with Gasteiger partial charge in [0.2, 0.25) is 0 Å². The first-order chi connectivity index (χ1) is 22.0. The molecule has 0 saturated carbocycles. The highest BCUT2D eigenvalue weighted by Gasteiger charge is 2.31. The number of fused-ring (bicyclic) bond motifs is 2. The van der Waals surface area contributed by atoms with Crippen molar-refractivity contribution in [2.45, 2.75) is 26.5 Å². The lowest BCUT2D eigenvalue weighted by atomic mass is 9.97. The lowest BCUT2D eigenvalue weighted by molar-refractivity contribution is -0.136. The molecule has 1 aliphatic heterocycles. The molecule has 45 heavy (non-hydrogen) atoms. The van der Waals surface area contributed by atoms with Crippen molar-refractivity contribution in [2.75, 3.05) is 20.3 Å². The summed E-state index contributed by atoms with van der Waals surface area (Å²) in [5.74, 6) is 1.19. The quantitative estimate of drug-likeness (QED) is 0.190. The summed E-state index contributed by atoms with van der Waals surface area (Å²) in [5, 5.41) is 1.97. The molecular formula is C36H32N2O6S. The van der Waals surface area contributed by atoms with Crippen molar-refractivity contribution in [1.82, 2.24) is 4.57 Å². The number of esters is 1. The van der Waals surface area contributed by atoms with E-state index in [0.29, 0.717) is 52.0 Å². The van der Waals surface area contributed by atoms with E-state index in [9.17, 15) is 9.59 Å². The molecule has 0 N–H and O–H groups in total. The third-order valence-corrected chi connectivity index (χ3v) is 8.45. The van der Waals surface area contributed by atoms with Crippen LogP contribution in [0.3, 0.4) is 0 Å². The molecule has 8 nitrogen and oxygen atoms in total. The molecule has 228 valence electrons. The van der Waals surface area contributed by atoms with Crippen molar-refractivity contribution in [2.24, 2.45) is 4.99 Å². The van der Waals surface area contributed by atoms with Gasteiger partial charge in [-0.05, 0) is 60.0 Å². The second kappa shape index (κ2) is 13.2. The normalized spacial score (nSPS) is 14.3. The van der Waals surface area contributed by atoms with E-state index in [0.717, 1.165) is 21.9 Å². The summed E-state index contributed by atoms with van der Waals surface area (Å²) in [7, 11) is 1.31. The fourth-order valence-electron chi connectivity index (χ4n) is 5.40. The van der Waals surface area contributed by atoms with E-state index < -0.39 is 12.0 Å². The van der Waals surface area contributed by atoms with Crippen molar-refractivity contribution < 1.29 is 23.7 Å². The van der Waals surface area contributed by atoms with Gasteiger partial charge in [0.05, 0.1) is 36.5 Å². The lowest BCUT2D eigenvalue weighted by Gasteiger charge is -2.23. The van der Waals surface area contributed by atoms with E-state index in [1.165, 1.54) is 24.6 Å². The van der Waals surface area contributed by atoms with Crippen LogP contribution in [-0.2, 0) is 16.1 Å². The summed E-state index contributed by atoms with van der Waals surface area (Å²) in [6.07, 6.45) is 3.34. The third-order valence-electron chi connectivity index (χ3n) is 7.45. The van der Waals surface area contributed by atoms with E-state index in [-0.39, 0.29) is 11.1 Å². The summed E-state index contributed by atoms with van der Waals surface area (Å²) in [6.45, 7) is 5.05. The highest BCUT2D eigenvalue weighted by atomic mass is 32.1. The van der Waals surface area contributed by atoms with Gasteiger partial charge in [-0.25, -0.2) is 9.79 Å². The van der Waals surface area contributed by atoms with E-state index in [1.807, 2.05) is 92.7 Å². The molecule has 0 unspecified atom stereocenters. The van der Waals surface area contributed by atoms with Crippen molar-refractivity contribution in [3.63, 3.8) is 0 Å². The molecule has 1 atom stereocenters. The second-order valence-electron chi connectivity index (χ2n) is 10.2. The van der Waals surface area contributed by atoms with E-state index in [2.05, 4.69) is 4.99 Å². The topological polar surface area (TPSA) is 88.4 Å². The number of benzene rings is 4. The Kier molecular flexibility index (Phi) is 8.79. The van der Waals surface area contributed by atoms with Gasteiger partial charge in [-0.15, -0.1) is 0 Å². The number of rotatable bonds is 10. The molecule has 0 spiro atoms.